The molecule has 2 aromatic heterocycles. The second kappa shape index (κ2) is 7.00. The smallest absolute Gasteiger partial charge is 0.226 e. The molecule has 1 aromatic carbocycles. The number of anilines is 1. The summed E-state index contributed by atoms with van der Waals surface area (Å²) in [7, 11) is 0. The second-order valence-electron chi connectivity index (χ2n) is 5.41. The average Bonchev–Trinajstić information content (AvgIpc) is 2.95. The van der Waals surface area contributed by atoms with Crippen LogP contribution >= 0.6 is 34.2 Å². The molecule has 7 heteroatoms. The van der Waals surface area contributed by atoms with Crippen molar-refractivity contribution < 1.29 is 0 Å². The van der Waals surface area contributed by atoms with Crippen molar-refractivity contribution in [1.82, 2.24) is 19.5 Å². The first-order chi connectivity index (χ1) is 11.1. The Bertz CT molecular complexity index is 832. The third-order valence-corrected chi connectivity index (χ3v) is 4.65. The van der Waals surface area contributed by atoms with E-state index in [9.17, 15) is 0 Å². The molecule has 0 radical (unpaired) electrons. The van der Waals surface area contributed by atoms with Crippen molar-refractivity contribution >= 4 is 51.2 Å². The van der Waals surface area contributed by atoms with Gasteiger partial charge in [0, 0.05) is 16.2 Å². The lowest BCUT2D eigenvalue weighted by Gasteiger charge is -2.11. The maximum atomic E-state index is 6.10. The van der Waals surface area contributed by atoms with Crippen LogP contribution in [0.5, 0.6) is 0 Å². The van der Waals surface area contributed by atoms with E-state index in [-0.39, 0.29) is 5.28 Å². The highest BCUT2D eigenvalue weighted by Crippen LogP contribution is 2.24. The van der Waals surface area contributed by atoms with E-state index in [0.717, 1.165) is 17.6 Å². The lowest BCUT2D eigenvalue weighted by Crippen LogP contribution is -2.06. The molecule has 0 saturated carbocycles. The standard InChI is InChI=1S/C16H17ClIN5/c1-3-10(2)23-9-20-13-14(21-16(17)22-15(13)23)19-8-11-5-4-6-12(18)7-11/h4-7,9-10H,3,8H2,1-2H3,(H,19,21,22). The van der Waals surface area contributed by atoms with Crippen molar-refractivity contribution in [1.29, 1.82) is 0 Å². The molecule has 23 heavy (non-hydrogen) atoms. The van der Waals surface area contributed by atoms with Gasteiger partial charge in [0.15, 0.2) is 17.0 Å². The molecule has 0 aliphatic rings. The van der Waals surface area contributed by atoms with Gasteiger partial charge in [-0.05, 0) is 65.2 Å². The molecule has 0 aliphatic heterocycles. The van der Waals surface area contributed by atoms with Crippen LogP contribution in [0.2, 0.25) is 5.28 Å². The Balaban J connectivity index is 1.93. The minimum absolute atomic E-state index is 0.229. The third kappa shape index (κ3) is 3.58. The first kappa shape index (κ1) is 16.4. The number of aromatic nitrogens is 4. The van der Waals surface area contributed by atoms with Gasteiger partial charge in [0.2, 0.25) is 5.28 Å². The molecule has 2 heterocycles. The number of halogens is 2. The van der Waals surface area contributed by atoms with Gasteiger partial charge in [0.1, 0.15) is 0 Å². The minimum Gasteiger partial charge on any atom is -0.364 e. The van der Waals surface area contributed by atoms with Crippen LogP contribution in [0.15, 0.2) is 30.6 Å². The minimum atomic E-state index is 0.229. The Morgan fingerprint density at radius 1 is 1.35 bits per heavy atom. The van der Waals surface area contributed by atoms with Gasteiger partial charge >= 0.3 is 0 Å². The predicted octanol–water partition coefficient (Wildman–Crippen LogP) is 4.67. The number of hydrogen-bond acceptors (Lipinski definition) is 4. The molecule has 3 rings (SSSR count). The quantitative estimate of drug-likeness (QED) is 0.462. The van der Waals surface area contributed by atoms with Crippen LogP contribution in [0.25, 0.3) is 11.2 Å². The zero-order valence-electron chi connectivity index (χ0n) is 12.9. The molecule has 0 fully saturated rings. The molecule has 0 spiro atoms. The highest BCUT2D eigenvalue weighted by Gasteiger charge is 2.15. The first-order valence-corrected chi connectivity index (χ1v) is 8.92. The highest BCUT2D eigenvalue weighted by atomic mass is 127. The highest BCUT2D eigenvalue weighted by molar-refractivity contribution is 14.1. The number of imidazole rings is 1. The van der Waals surface area contributed by atoms with E-state index in [0.29, 0.717) is 18.4 Å². The summed E-state index contributed by atoms with van der Waals surface area (Å²) in [5.41, 5.74) is 2.70. The van der Waals surface area contributed by atoms with Crippen LogP contribution in [0.4, 0.5) is 5.82 Å². The molecular weight excluding hydrogens is 425 g/mol. The fourth-order valence-electron chi connectivity index (χ4n) is 2.37. The van der Waals surface area contributed by atoms with Gasteiger partial charge in [0.25, 0.3) is 0 Å². The first-order valence-electron chi connectivity index (χ1n) is 7.47. The third-order valence-electron chi connectivity index (χ3n) is 3.81. The molecule has 0 bridgehead atoms. The van der Waals surface area contributed by atoms with Crippen molar-refractivity contribution in [2.24, 2.45) is 0 Å². The molecule has 0 amide bonds. The fraction of sp³-hybridized carbons (Fsp3) is 0.312. The van der Waals surface area contributed by atoms with E-state index >= 15 is 0 Å². The molecule has 3 aromatic rings. The van der Waals surface area contributed by atoms with E-state index in [1.54, 1.807) is 6.33 Å². The van der Waals surface area contributed by atoms with Gasteiger partial charge < -0.3 is 9.88 Å². The van der Waals surface area contributed by atoms with E-state index in [1.165, 1.54) is 9.13 Å². The van der Waals surface area contributed by atoms with Gasteiger partial charge in [-0.2, -0.15) is 9.97 Å². The van der Waals surface area contributed by atoms with E-state index in [1.807, 2.05) is 10.6 Å². The molecular formula is C16H17ClIN5. The summed E-state index contributed by atoms with van der Waals surface area (Å²) < 4.78 is 3.24. The Labute approximate surface area is 153 Å². The maximum absolute atomic E-state index is 6.10. The number of nitrogens with zero attached hydrogens (tertiary/aromatic N) is 4. The van der Waals surface area contributed by atoms with Crippen molar-refractivity contribution in [3.63, 3.8) is 0 Å². The second-order valence-corrected chi connectivity index (χ2v) is 6.99. The largest absolute Gasteiger partial charge is 0.364 e. The zero-order chi connectivity index (χ0) is 16.4. The van der Waals surface area contributed by atoms with Gasteiger partial charge in [-0.1, -0.05) is 19.1 Å². The molecule has 120 valence electrons. The summed E-state index contributed by atoms with van der Waals surface area (Å²) in [5.74, 6) is 0.668. The van der Waals surface area contributed by atoms with Crippen molar-refractivity contribution in [2.75, 3.05) is 5.32 Å². The average molecular weight is 442 g/mol. The summed E-state index contributed by atoms with van der Waals surface area (Å²) in [6.07, 6.45) is 2.80. The monoisotopic (exact) mass is 441 g/mol. The topological polar surface area (TPSA) is 55.6 Å². The van der Waals surface area contributed by atoms with Crippen molar-refractivity contribution in [2.45, 2.75) is 32.9 Å². The molecule has 5 nitrogen and oxygen atoms in total. The normalized spacial score (nSPS) is 12.5. The number of rotatable bonds is 5. The van der Waals surface area contributed by atoms with Crippen LogP contribution < -0.4 is 5.32 Å². The Morgan fingerprint density at radius 3 is 2.91 bits per heavy atom. The van der Waals surface area contributed by atoms with Crippen LogP contribution in [-0.2, 0) is 6.54 Å². The number of benzene rings is 1. The molecule has 1 atom stereocenters. The molecule has 1 unspecified atom stereocenters. The van der Waals surface area contributed by atoms with Crippen molar-refractivity contribution in [3.8, 4) is 0 Å². The van der Waals surface area contributed by atoms with Gasteiger partial charge in [-0.3, -0.25) is 0 Å². The summed E-state index contributed by atoms with van der Waals surface area (Å²) >= 11 is 8.41. The van der Waals surface area contributed by atoms with Gasteiger partial charge in [0.05, 0.1) is 6.33 Å². The predicted molar refractivity (Wildman–Crippen MR) is 102 cm³/mol. The van der Waals surface area contributed by atoms with E-state index in [2.05, 4.69) is 74.9 Å². The number of hydrogen-bond donors (Lipinski definition) is 1. The van der Waals surface area contributed by atoms with Crippen LogP contribution in [-0.4, -0.2) is 19.5 Å². The van der Waals surface area contributed by atoms with Crippen LogP contribution in [0.3, 0.4) is 0 Å². The van der Waals surface area contributed by atoms with E-state index in [4.69, 9.17) is 11.6 Å². The molecule has 1 N–H and O–H groups in total. The van der Waals surface area contributed by atoms with Crippen LogP contribution in [0.1, 0.15) is 31.9 Å². The SMILES string of the molecule is CCC(C)n1cnc2c(NCc3cccc(I)c3)nc(Cl)nc21. The summed E-state index contributed by atoms with van der Waals surface area (Å²) in [5, 5.41) is 3.56. The number of fused-ring (bicyclic) bond motifs is 1. The van der Waals surface area contributed by atoms with E-state index < -0.39 is 0 Å². The summed E-state index contributed by atoms with van der Waals surface area (Å²) in [6, 6.07) is 8.63. The van der Waals surface area contributed by atoms with Gasteiger partial charge in [-0.25, -0.2) is 4.98 Å². The number of nitrogens with one attached hydrogen (secondary N) is 1. The fourth-order valence-corrected chi connectivity index (χ4v) is 3.14. The van der Waals surface area contributed by atoms with Crippen molar-refractivity contribution in [3.05, 3.63) is 45.0 Å². The zero-order valence-corrected chi connectivity index (χ0v) is 15.8. The Morgan fingerprint density at radius 2 is 2.17 bits per heavy atom. The summed E-state index contributed by atoms with van der Waals surface area (Å²) in [4.78, 5) is 13.1. The lowest BCUT2D eigenvalue weighted by molar-refractivity contribution is 0.541. The molecule has 0 aliphatic carbocycles. The Hall–Kier alpha value is -1.41. The van der Waals surface area contributed by atoms with Crippen LogP contribution in [0, 0.1) is 3.57 Å². The molecule has 0 saturated heterocycles. The van der Waals surface area contributed by atoms with Gasteiger partial charge in [-0.15, -0.1) is 0 Å². The maximum Gasteiger partial charge on any atom is 0.226 e. The summed E-state index contributed by atoms with van der Waals surface area (Å²) in [6.45, 7) is 4.93. The Kier molecular flexibility index (Phi) is 5.01. The lowest BCUT2D eigenvalue weighted by atomic mass is 10.2.